The number of carbonyl (C=O) groups excluding carboxylic acids is 1. The predicted octanol–water partition coefficient (Wildman–Crippen LogP) is 4.26. The van der Waals surface area contributed by atoms with Gasteiger partial charge >= 0.3 is 0 Å². The van der Waals surface area contributed by atoms with Gasteiger partial charge < -0.3 is 23.8 Å². The molecule has 2 aromatic carbocycles. The number of methoxy groups -OCH3 is 3. The van der Waals surface area contributed by atoms with Crippen molar-refractivity contribution in [3.63, 3.8) is 0 Å². The summed E-state index contributed by atoms with van der Waals surface area (Å²) in [5.74, 6) is 2.74. The highest BCUT2D eigenvalue weighted by Crippen LogP contribution is 2.40. The highest BCUT2D eigenvalue weighted by Gasteiger charge is 2.37. The van der Waals surface area contributed by atoms with Crippen molar-refractivity contribution in [1.29, 1.82) is 0 Å². The molecule has 6 nitrogen and oxygen atoms in total. The van der Waals surface area contributed by atoms with Crippen molar-refractivity contribution in [1.82, 2.24) is 4.90 Å². The van der Waals surface area contributed by atoms with Crippen LogP contribution in [0.3, 0.4) is 0 Å². The molecule has 2 aromatic rings. The Bertz CT molecular complexity index is 903. The number of carbonyl (C=O) groups is 1. The molecule has 0 saturated heterocycles. The zero-order valence-electron chi connectivity index (χ0n) is 18.7. The van der Waals surface area contributed by atoms with Crippen LogP contribution in [0.15, 0.2) is 36.4 Å². The van der Waals surface area contributed by atoms with Gasteiger partial charge in [0.15, 0.2) is 23.0 Å². The van der Waals surface area contributed by atoms with E-state index in [2.05, 4.69) is 0 Å². The van der Waals surface area contributed by atoms with Crippen molar-refractivity contribution in [2.45, 2.75) is 33.2 Å². The second kappa shape index (κ2) is 8.86. The van der Waals surface area contributed by atoms with E-state index in [4.69, 9.17) is 18.9 Å². The van der Waals surface area contributed by atoms with Gasteiger partial charge in [-0.3, -0.25) is 4.79 Å². The van der Waals surface area contributed by atoms with Crippen molar-refractivity contribution < 1.29 is 23.7 Å². The fraction of sp³-hybridized carbons (Fsp3) is 0.458. The minimum atomic E-state index is -0.489. The summed E-state index contributed by atoms with van der Waals surface area (Å²) >= 11 is 0. The van der Waals surface area contributed by atoms with Gasteiger partial charge in [-0.05, 0) is 41.8 Å². The second-order valence-electron chi connectivity index (χ2n) is 8.38. The molecule has 0 fully saturated rings. The van der Waals surface area contributed by atoms with E-state index < -0.39 is 5.41 Å². The van der Waals surface area contributed by atoms with E-state index >= 15 is 0 Å². The Labute approximate surface area is 178 Å². The summed E-state index contributed by atoms with van der Waals surface area (Å²) < 4.78 is 22.6. The highest BCUT2D eigenvalue weighted by molar-refractivity contribution is 5.82. The van der Waals surface area contributed by atoms with Crippen LogP contribution in [0.25, 0.3) is 0 Å². The molecule has 1 amide bonds. The molecule has 1 aliphatic rings. The third-order valence-corrected chi connectivity index (χ3v) is 5.37. The molecule has 0 saturated carbocycles. The van der Waals surface area contributed by atoms with Gasteiger partial charge in [0, 0.05) is 12.0 Å². The Hall–Kier alpha value is -2.89. The van der Waals surface area contributed by atoms with Gasteiger partial charge in [0.2, 0.25) is 5.91 Å². The fourth-order valence-electron chi connectivity index (χ4n) is 3.79. The summed E-state index contributed by atoms with van der Waals surface area (Å²) in [5, 5.41) is 0. The van der Waals surface area contributed by atoms with Crippen LogP contribution in [-0.2, 0) is 11.2 Å². The van der Waals surface area contributed by atoms with Gasteiger partial charge in [-0.2, -0.15) is 0 Å². The first kappa shape index (κ1) is 21.8. The molecular formula is C24H31NO5. The number of nitrogens with zero attached hydrogens (tertiary/aromatic N) is 1. The topological polar surface area (TPSA) is 57.2 Å². The zero-order valence-corrected chi connectivity index (χ0v) is 18.7. The molecule has 0 bridgehead atoms. The minimum Gasteiger partial charge on any atom is -0.493 e. The van der Waals surface area contributed by atoms with Crippen molar-refractivity contribution in [3.8, 4) is 23.0 Å². The predicted molar refractivity (Wildman–Crippen MR) is 116 cm³/mol. The van der Waals surface area contributed by atoms with Crippen LogP contribution in [0.4, 0.5) is 0 Å². The maximum atomic E-state index is 13.2. The number of fused-ring (bicyclic) bond motifs is 1. The molecule has 0 radical (unpaired) electrons. The molecule has 162 valence electrons. The SMILES string of the molecule is COc1cc2c(cc1OC)[C@H](COc1ccccc1OC)N(C(=O)C(C)(C)C)CC2. The first-order valence-corrected chi connectivity index (χ1v) is 10.1. The largest absolute Gasteiger partial charge is 0.493 e. The first-order valence-electron chi connectivity index (χ1n) is 10.1. The lowest BCUT2D eigenvalue weighted by molar-refractivity contribution is -0.143. The molecule has 6 heteroatoms. The van der Waals surface area contributed by atoms with Gasteiger partial charge in [0.05, 0.1) is 27.4 Å². The average Bonchev–Trinajstić information content (AvgIpc) is 2.75. The maximum absolute atomic E-state index is 13.2. The number of rotatable bonds is 6. The molecule has 30 heavy (non-hydrogen) atoms. The monoisotopic (exact) mass is 413 g/mol. The average molecular weight is 414 g/mol. The molecule has 1 heterocycles. The van der Waals surface area contributed by atoms with E-state index in [1.165, 1.54) is 0 Å². The maximum Gasteiger partial charge on any atom is 0.228 e. The summed E-state index contributed by atoms with van der Waals surface area (Å²) in [4.78, 5) is 15.2. The van der Waals surface area contributed by atoms with Gasteiger partial charge in [-0.1, -0.05) is 32.9 Å². The Morgan fingerprint density at radius 3 is 2.17 bits per heavy atom. The summed E-state index contributed by atoms with van der Waals surface area (Å²) in [7, 11) is 4.86. The molecule has 1 aliphatic heterocycles. The summed E-state index contributed by atoms with van der Waals surface area (Å²) in [6.45, 7) is 6.76. The molecule has 3 rings (SSSR count). The van der Waals surface area contributed by atoms with Crippen molar-refractivity contribution in [3.05, 3.63) is 47.5 Å². The van der Waals surface area contributed by atoms with Crippen LogP contribution in [0.5, 0.6) is 23.0 Å². The van der Waals surface area contributed by atoms with Crippen LogP contribution in [0.2, 0.25) is 0 Å². The van der Waals surface area contributed by atoms with Gasteiger partial charge in [0.1, 0.15) is 6.61 Å². The van der Waals surface area contributed by atoms with E-state index in [9.17, 15) is 4.79 Å². The molecule has 1 atom stereocenters. The van der Waals surface area contributed by atoms with Crippen molar-refractivity contribution in [2.24, 2.45) is 5.41 Å². The second-order valence-corrected chi connectivity index (χ2v) is 8.38. The summed E-state index contributed by atoms with van der Waals surface area (Å²) in [6.07, 6.45) is 0.753. The van der Waals surface area contributed by atoms with E-state index in [1.54, 1.807) is 21.3 Å². The number of hydrogen-bond donors (Lipinski definition) is 0. The van der Waals surface area contributed by atoms with Crippen molar-refractivity contribution >= 4 is 5.91 Å². The number of benzene rings is 2. The first-order chi connectivity index (χ1) is 14.3. The number of amides is 1. The quantitative estimate of drug-likeness (QED) is 0.708. The Balaban J connectivity index is 2.00. The molecular weight excluding hydrogens is 382 g/mol. The fourth-order valence-corrected chi connectivity index (χ4v) is 3.79. The number of ether oxygens (including phenoxy) is 4. The Morgan fingerprint density at radius 1 is 0.967 bits per heavy atom. The van der Waals surface area contributed by atoms with Crippen LogP contribution < -0.4 is 18.9 Å². The lowest BCUT2D eigenvalue weighted by Gasteiger charge is -2.40. The van der Waals surface area contributed by atoms with E-state index in [0.29, 0.717) is 36.1 Å². The van der Waals surface area contributed by atoms with Gasteiger partial charge in [0.25, 0.3) is 0 Å². The lowest BCUT2D eigenvalue weighted by Crippen LogP contribution is -2.47. The molecule has 0 aromatic heterocycles. The highest BCUT2D eigenvalue weighted by atomic mass is 16.5. The van der Waals surface area contributed by atoms with Crippen LogP contribution in [-0.4, -0.2) is 45.3 Å². The number of para-hydroxylation sites is 2. The smallest absolute Gasteiger partial charge is 0.228 e. The standard InChI is InChI=1S/C24H31NO5/c1-24(2,3)23(26)25-12-11-16-13-21(28-5)22(29-6)14-17(16)18(25)15-30-20-10-8-7-9-19(20)27-4/h7-10,13-14,18H,11-12,15H2,1-6H3/t18-/m0/s1. The lowest BCUT2D eigenvalue weighted by atomic mass is 9.88. The summed E-state index contributed by atoms with van der Waals surface area (Å²) in [6, 6.07) is 11.2. The molecule has 0 aliphatic carbocycles. The minimum absolute atomic E-state index is 0.0940. The molecule has 0 unspecified atom stereocenters. The van der Waals surface area contributed by atoms with Crippen LogP contribution >= 0.6 is 0 Å². The normalized spacial score (nSPS) is 15.9. The van der Waals surface area contributed by atoms with Gasteiger partial charge in [-0.25, -0.2) is 0 Å². The van der Waals surface area contributed by atoms with Crippen molar-refractivity contribution in [2.75, 3.05) is 34.5 Å². The Kier molecular flexibility index (Phi) is 6.44. The third-order valence-electron chi connectivity index (χ3n) is 5.37. The zero-order chi connectivity index (χ0) is 21.9. The van der Waals surface area contributed by atoms with E-state index in [0.717, 1.165) is 17.5 Å². The Morgan fingerprint density at radius 2 is 1.57 bits per heavy atom. The summed E-state index contributed by atoms with van der Waals surface area (Å²) in [5.41, 5.74) is 1.67. The number of hydrogen-bond acceptors (Lipinski definition) is 5. The van der Waals surface area contributed by atoms with Crippen LogP contribution in [0, 0.1) is 5.41 Å². The van der Waals surface area contributed by atoms with Gasteiger partial charge in [-0.15, -0.1) is 0 Å². The van der Waals surface area contributed by atoms with E-state index in [-0.39, 0.29) is 11.9 Å². The molecule has 0 N–H and O–H groups in total. The van der Waals surface area contributed by atoms with E-state index in [1.807, 2.05) is 62.1 Å². The third kappa shape index (κ3) is 4.32. The van der Waals surface area contributed by atoms with Crippen LogP contribution in [0.1, 0.15) is 37.9 Å². The molecule has 0 spiro atoms.